The van der Waals surface area contributed by atoms with Gasteiger partial charge in [-0.25, -0.2) is 0 Å². The summed E-state index contributed by atoms with van der Waals surface area (Å²) in [5.74, 6) is -0.779. The van der Waals surface area contributed by atoms with Crippen molar-refractivity contribution in [1.82, 2.24) is 4.90 Å². The van der Waals surface area contributed by atoms with Gasteiger partial charge in [-0.2, -0.15) is 0 Å². The molecule has 2 bridgehead atoms. The number of amides is 2. The van der Waals surface area contributed by atoms with E-state index in [9.17, 15) is 29.3 Å². The number of carbonyl (C=O) groups excluding carboxylic acids is 4. The highest BCUT2D eigenvalue weighted by Crippen LogP contribution is 2.56. The average molecular weight is 454 g/mol. The van der Waals surface area contributed by atoms with Gasteiger partial charge in [0.1, 0.15) is 0 Å². The van der Waals surface area contributed by atoms with Crippen LogP contribution in [0, 0.1) is 39.7 Å². The van der Waals surface area contributed by atoms with Gasteiger partial charge in [0, 0.05) is 23.7 Å². The lowest BCUT2D eigenvalue weighted by Crippen LogP contribution is -2.44. The Morgan fingerprint density at radius 3 is 2.06 bits per heavy atom. The summed E-state index contributed by atoms with van der Waals surface area (Å²) in [7, 11) is 0. The van der Waals surface area contributed by atoms with E-state index >= 15 is 0 Å². The number of hydrogen-bond donors (Lipinski definition) is 0. The Kier molecular flexibility index (Phi) is 5.50. The molecule has 1 saturated heterocycles. The highest BCUT2D eigenvalue weighted by atomic mass is 16.6. The van der Waals surface area contributed by atoms with Gasteiger partial charge in [-0.05, 0) is 68.9 Å². The lowest BCUT2D eigenvalue weighted by molar-refractivity contribution is -0.384. The van der Waals surface area contributed by atoms with Gasteiger partial charge < -0.3 is 4.74 Å². The molecule has 9 heteroatoms. The Morgan fingerprint density at radius 1 is 0.939 bits per heavy atom. The normalized spacial score (nSPS) is 32.7. The smallest absolute Gasteiger partial charge is 0.309 e. The van der Waals surface area contributed by atoms with Gasteiger partial charge in [0.2, 0.25) is 11.8 Å². The molecule has 4 unspecified atom stereocenters. The molecule has 174 valence electrons. The Bertz CT molecular complexity index is 984. The molecule has 3 aliphatic carbocycles. The van der Waals surface area contributed by atoms with Crippen LogP contribution in [0.25, 0.3) is 0 Å². The lowest BCUT2D eigenvalue weighted by atomic mass is 9.81. The largest absolute Gasteiger partial charge is 0.457 e. The molecule has 5 rings (SSSR count). The molecule has 33 heavy (non-hydrogen) atoms. The quantitative estimate of drug-likeness (QED) is 0.213. The predicted octanol–water partition coefficient (Wildman–Crippen LogP) is 2.91. The molecule has 0 spiro atoms. The Balaban J connectivity index is 1.12. The fraction of sp³-hybridized carbons (Fsp3) is 0.583. The molecule has 1 aromatic carbocycles. The number of benzene rings is 1. The molecule has 0 aromatic heterocycles. The van der Waals surface area contributed by atoms with E-state index in [4.69, 9.17) is 4.74 Å². The van der Waals surface area contributed by atoms with Crippen LogP contribution in [-0.4, -0.2) is 46.0 Å². The fourth-order valence-corrected chi connectivity index (χ4v) is 6.47. The number of nitro benzene ring substituents is 1. The summed E-state index contributed by atoms with van der Waals surface area (Å²) in [6.07, 6.45) is 5.27. The first kappa shape index (κ1) is 21.7. The average Bonchev–Trinajstić information content (AvgIpc) is 3.51. The number of rotatable bonds is 6. The van der Waals surface area contributed by atoms with E-state index in [1.54, 1.807) is 0 Å². The number of carbonyl (C=O) groups is 4. The van der Waals surface area contributed by atoms with Crippen molar-refractivity contribution in [1.29, 1.82) is 0 Å². The van der Waals surface area contributed by atoms with E-state index in [0.29, 0.717) is 37.5 Å². The molecular weight excluding hydrogens is 428 g/mol. The highest BCUT2D eigenvalue weighted by molar-refractivity contribution is 6.06. The van der Waals surface area contributed by atoms with E-state index in [2.05, 4.69) is 0 Å². The van der Waals surface area contributed by atoms with Crippen molar-refractivity contribution in [3.05, 3.63) is 39.9 Å². The van der Waals surface area contributed by atoms with Crippen molar-refractivity contribution in [3.8, 4) is 0 Å². The van der Waals surface area contributed by atoms with E-state index in [1.807, 2.05) is 0 Å². The maximum Gasteiger partial charge on any atom is 0.309 e. The van der Waals surface area contributed by atoms with Gasteiger partial charge in [0.25, 0.3) is 5.69 Å². The first-order chi connectivity index (χ1) is 15.8. The van der Waals surface area contributed by atoms with E-state index in [1.165, 1.54) is 29.2 Å². The third kappa shape index (κ3) is 3.73. The van der Waals surface area contributed by atoms with Crippen molar-refractivity contribution < 1.29 is 28.8 Å². The highest BCUT2D eigenvalue weighted by Gasteiger charge is 2.61. The minimum atomic E-state index is -0.551. The van der Waals surface area contributed by atoms with Gasteiger partial charge in [-0.3, -0.25) is 34.2 Å². The number of likely N-dealkylation sites (tertiary alicyclic amines) is 1. The molecule has 1 aliphatic heterocycles. The second kappa shape index (κ2) is 8.35. The van der Waals surface area contributed by atoms with Crippen molar-refractivity contribution in [2.75, 3.05) is 6.61 Å². The zero-order valence-electron chi connectivity index (χ0n) is 18.2. The van der Waals surface area contributed by atoms with Crippen molar-refractivity contribution in [2.24, 2.45) is 29.6 Å². The topological polar surface area (TPSA) is 124 Å². The first-order valence-electron chi connectivity index (χ1n) is 11.7. The van der Waals surface area contributed by atoms with Gasteiger partial charge >= 0.3 is 5.97 Å². The number of ether oxygens (including phenoxy) is 1. The number of Topliss-reactive ketones (excluding diaryl/α,β-unsaturated/α-hetero) is 1. The van der Waals surface area contributed by atoms with Crippen LogP contribution in [0.2, 0.25) is 0 Å². The maximum atomic E-state index is 13.0. The van der Waals surface area contributed by atoms with E-state index < -0.39 is 23.3 Å². The minimum absolute atomic E-state index is 0.00285. The van der Waals surface area contributed by atoms with Crippen molar-refractivity contribution in [3.63, 3.8) is 0 Å². The third-order valence-corrected chi connectivity index (χ3v) is 8.10. The summed E-state index contributed by atoms with van der Waals surface area (Å²) in [6, 6.07) is 4.99. The van der Waals surface area contributed by atoms with E-state index in [-0.39, 0.29) is 46.9 Å². The summed E-state index contributed by atoms with van der Waals surface area (Å²) < 4.78 is 5.21. The van der Waals surface area contributed by atoms with Gasteiger partial charge in [0.15, 0.2) is 12.4 Å². The number of nitrogens with zero attached hydrogens (tertiary/aromatic N) is 2. The molecule has 4 aliphatic rings. The van der Waals surface area contributed by atoms with Crippen LogP contribution < -0.4 is 0 Å². The second-order valence-corrected chi connectivity index (χ2v) is 9.77. The summed E-state index contributed by atoms with van der Waals surface area (Å²) in [4.78, 5) is 62.4. The Morgan fingerprint density at radius 2 is 1.52 bits per heavy atom. The van der Waals surface area contributed by atoms with Crippen LogP contribution in [-0.2, 0) is 19.1 Å². The Labute approximate surface area is 190 Å². The molecule has 3 saturated carbocycles. The lowest BCUT2D eigenvalue weighted by Gasteiger charge is -2.33. The number of fused-ring (bicyclic) bond motifs is 5. The standard InChI is InChI=1S/C24H26N2O7/c27-19(13-3-9-18(10-4-13)26(31)32)12-33-24(30)14-5-7-17(8-6-14)25-22(28)20-15-1-2-16(11-15)21(20)23(25)29/h3-4,9-10,14-17,20-21H,1-2,5-8,11-12H2. The summed E-state index contributed by atoms with van der Waals surface area (Å²) in [5, 5.41) is 10.7. The van der Waals surface area contributed by atoms with Gasteiger partial charge in [-0.1, -0.05) is 0 Å². The number of nitro groups is 1. The molecule has 9 nitrogen and oxygen atoms in total. The molecule has 0 radical (unpaired) electrons. The van der Waals surface area contributed by atoms with Crippen LogP contribution in [0.1, 0.15) is 55.3 Å². The van der Waals surface area contributed by atoms with Gasteiger partial charge in [0.05, 0.1) is 22.7 Å². The third-order valence-electron chi connectivity index (χ3n) is 8.10. The zero-order valence-corrected chi connectivity index (χ0v) is 18.2. The fourth-order valence-electron chi connectivity index (χ4n) is 6.47. The van der Waals surface area contributed by atoms with Crippen LogP contribution in [0.5, 0.6) is 0 Å². The van der Waals surface area contributed by atoms with Crippen molar-refractivity contribution in [2.45, 2.75) is 51.0 Å². The number of imide groups is 1. The van der Waals surface area contributed by atoms with Crippen LogP contribution in [0.15, 0.2) is 24.3 Å². The van der Waals surface area contributed by atoms with Crippen LogP contribution in [0.3, 0.4) is 0 Å². The number of hydrogen-bond acceptors (Lipinski definition) is 7. The predicted molar refractivity (Wildman–Crippen MR) is 114 cm³/mol. The SMILES string of the molecule is O=C(COC(=O)C1CCC(N2C(=O)C3C4CCC(C4)C3C2=O)CC1)c1ccc([N+](=O)[O-])cc1. The molecule has 4 fully saturated rings. The Hall–Kier alpha value is -3.10. The summed E-state index contributed by atoms with van der Waals surface area (Å²) in [6.45, 7) is -0.425. The molecule has 1 heterocycles. The maximum absolute atomic E-state index is 13.0. The zero-order chi connectivity index (χ0) is 23.3. The van der Waals surface area contributed by atoms with Crippen LogP contribution >= 0.6 is 0 Å². The van der Waals surface area contributed by atoms with Crippen LogP contribution in [0.4, 0.5) is 5.69 Å². The molecule has 0 N–H and O–H groups in total. The molecule has 2 amide bonds. The molecule has 1 aromatic rings. The van der Waals surface area contributed by atoms with E-state index in [0.717, 1.165) is 19.3 Å². The monoisotopic (exact) mass is 454 g/mol. The first-order valence-corrected chi connectivity index (χ1v) is 11.7. The van der Waals surface area contributed by atoms with Gasteiger partial charge in [-0.15, -0.1) is 0 Å². The number of esters is 1. The number of non-ortho nitro benzene ring substituents is 1. The summed E-state index contributed by atoms with van der Waals surface area (Å²) >= 11 is 0. The number of ketones is 1. The van der Waals surface area contributed by atoms with Crippen molar-refractivity contribution >= 4 is 29.3 Å². The summed E-state index contributed by atoms with van der Waals surface area (Å²) in [5.41, 5.74) is 0.120. The molecular formula is C24H26N2O7. The second-order valence-electron chi connectivity index (χ2n) is 9.77. The minimum Gasteiger partial charge on any atom is -0.457 e. The molecule has 4 atom stereocenters.